The quantitative estimate of drug-likeness (QED) is 0.623. The molecule has 0 saturated heterocycles. The van der Waals surface area contributed by atoms with Crippen LogP contribution < -0.4 is 0 Å². The normalized spacial score (nSPS) is 13.0. The van der Waals surface area contributed by atoms with Crippen molar-refractivity contribution < 1.29 is 8.76 Å². The van der Waals surface area contributed by atoms with Gasteiger partial charge in [0.15, 0.2) is 11.1 Å². The molecule has 1 aromatic carbocycles. The third-order valence-electron chi connectivity index (χ3n) is 0.998. The maximum atomic E-state index is 10.5. The molecule has 4 heteroatoms. The van der Waals surface area contributed by atoms with Gasteiger partial charge < -0.3 is 4.55 Å². The Labute approximate surface area is 75.1 Å². The summed E-state index contributed by atoms with van der Waals surface area (Å²) in [5.41, 5.74) is 0. The summed E-state index contributed by atoms with van der Waals surface area (Å²) in [6, 6.07) is 6.93. The van der Waals surface area contributed by atoms with Crippen LogP contribution in [0, 0.1) is 3.57 Å². The van der Waals surface area contributed by atoms with Gasteiger partial charge in [-0.25, -0.2) is 4.21 Å². The lowest BCUT2D eigenvalue weighted by atomic mass is 10.4. The standard InChI is InChI=1S/C6H5IO2S/c7-5-2-1-3-6(4-5)10(8)9/h1-4H,(H,8,9). The molecular weight excluding hydrogens is 263 g/mol. The Morgan fingerprint density at radius 3 is 2.60 bits per heavy atom. The zero-order valence-electron chi connectivity index (χ0n) is 4.95. The number of rotatable bonds is 1. The van der Waals surface area contributed by atoms with E-state index in [1.54, 1.807) is 18.2 Å². The minimum absolute atomic E-state index is 0.451. The second-order valence-corrected chi connectivity index (χ2v) is 3.92. The van der Waals surface area contributed by atoms with Crippen LogP contribution in [0.5, 0.6) is 0 Å². The molecule has 1 rings (SSSR count). The number of halogens is 1. The fraction of sp³-hybridized carbons (Fsp3) is 0. The summed E-state index contributed by atoms with van der Waals surface area (Å²) < 4.78 is 20.0. The molecule has 10 heavy (non-hydrogen) atoms. The van der Waals surface area contributed by atoms with Crippen LogP contribution >= 0.6 is 22.6 Å². The maximum Gasteiger partial charge on any atom is 0.186 e. The van der Waals surface area contributed by atoms with Gasteiger partial charge in [-0.3, -0.25) is 0 Å². The zero-order valence-corrected chi connectivity index (χ0v) is 7.93. The van der Waals surface area contributed by atoms with Gasteiger partial charge >= 0.3 is 0 Å². The molecule has 1 atom stereocenters. The van der Waals surface area contributed by atoms with Gasteiger partial charge in [0.05, 0.1) is 4.90 Å². The van der Waals surface area contributed by atoms with E-state index in [2.05, 4.69) is 22.6 Å². The van der Waals surface area contributed by atoms with Crippen LogP contribution in [0.3, 0.4) is 0 Å². The second kappa shape index (κ2) is 3.45. The molecule has 0 heterocycles. The van der Waals surface area contributed by atoms with Crippen molar-refractivity contribution in [3.63, 3.8) is 0 Å². The van der Waals surface area contributed by atoms with E-state index in [4.69, 9.17) is 4.55 Å². The molecule has 2 nitrogen and oxygen atoms in total. The average Bonchev–Trinajstić information content (AvgIpc) is 1.88. The Bertz CT molecular complexity index is 262. The largest absolute Gasteiger partial charge is 0.302 e. The van der Waals surface area contributed by atoms with Crippen molar-refractivity contribution in [1.82, 2.24) is 0 Å². The molecule has 0 aliphatic heterocycles. The minimum atomic E-state index is -1.84. The van der Waals surface area contributed by atoms with Crippen LogP contribution in [-0.4, -0.2) is 8.76 Å². The Morgan fingerprint density at radius 1 is 1.50 bits per heavy atom. The van der Waals surface area contributed by atoms with E-state index in [0.717, 1.165) is 3.57 Å². The fourth-order valence-electron chi connectivity index (χ4n) is 0.576. The van der Waals surface area contributed by atoms with Crippen LogP contribution in [0.2, 0.25) is 0 Å². The molecule has 0 aliphatic rings. The second-order valence-electron chi connectivity index (χ2n) is 1.71. The van der Waals surface area contributed by atoms with E-state index in [1.165, 1.54) is 0 Å². The van der Waals surface area contributed by atoms with Crippen LogP contribution in [0.25, 0.3) is 0 Å². The number of hydrogen-bond donors (Lipinski definition) is 1. The molecule has 1 unspecified atom stereocenters. The first kappa shape index (κ1) is 8.16. The van der Waals surface area contributed by atoms with Gasteiger partial charge in [0.25, 0.3) is 0 Å². The Balaban J connectivity index is 3.07. The molecule has 0 saturated carbocycles. The molecule has 0 fully saturated rings. The first-order valence-corrected chi connectivity index (χ1v) is 4.75. The summed E-state index contributed by atoms with van der Waals surface area (Å²) in [5, 5.41) is 0. The van der Waals surface area contributed by atoms with E-state index >= 15 is 0 Å². The van der Waals surface area contributed by atoms with Gasteiger partial charge in [0.2, 0.25) is 0 Å². The monoisotopic (exact) mass is 268 g/mol. The lowest BCUT2D eigenvalue weighted by Crippen LogP contribution is -1.87. The molecule has 0 aromatic heterocycles. The third-order valence-corrected chi connectivity index (χ3v) is 2.33. The van der Waals surface area contributed by atoms with Crippen molar-refractivity contribution in [3.8, 4) is 0 Å². The topological polar surface area (TPSA) is 37.3 Å². The summed E-state index contributed by atoms with van der Waals surface area (Å²) in [6.45, 7) is 0. The van der Waals surface area contributed by atoms with Gasteiger partial charge in [-0.1, -0.05) is 6.07 Å². The Morgan fingerprint density at radius 2 is 2.20 bits per heavy atom. The molecule has 1 aromatic rings. The van der Waals surface area contributed by atoms with Crippen molar-refractivity contribution in [2.75, 3.05) is 0 Å². The summed E-state index contributed by atoms with van der Waals surface area (Å²) >= 11 is 0.249. The predicted molar refractivity (Wildman–Crippen MR) is 48.2 cm³/mol. The van der Waals surface area contributed by atoms with Crippen molar-refractivity contribution in [2.24, 2.45) is 0 Å². The highest BCUT2D eigenvalue weighted by atomic mass is 127. The summed E-state index contributed by atoms with van der Waals surface area (Å²) in [7, 11) is 0. The van der Waals surface area contributed by atoms with Crippen LogP contribution in [-0.2, 0) is 11.1 Å². The van der Waals surface area contributed by atoms with E-state index in [1.807, 2.05) is 6.07 Å². The van der Waals surface area contributed by atoms with Crippen LogP contribution in [0.1, 0.15) is 0 Å². The highest BCUT2D eigenvalue weighted by Gasteiger charge is 1.97. The van der Waals surface area contributed by atoms with E-state index < -0.39 is 11.1 Å². The lowest BCUT2D eigenvalue weighted by molar-refractivity contribution is 0.564. The smallest absolute Gasteiger partial charge is 0.186 e. The third kappa shape index (κ3) is 2.03. The van der Waals surface area contributed by atoms with Gasteiger partial charge in [-0.15, -0.1) is 0 Å². The van der Waals surface area contributed by atoms with Crippen LogP contribution in [0.4, 0.5) is 0 Å². The first-order valence-electron chi connectivity index (χ1n) is 2.56. The summed E-state index contributed by atoms with van der Waals surface area (Å²) in [4.78, 5) is 0.451. The van der Waals surface area contributed by atoms with E-state index in [0.29, 0.717) is 4.90 Å². The molecule has 0 aliphatic carbocycles. The van der Waals surface area contributed by atoms with Crippen LogP contribution in [0.15, 0.2) is 29.2 Å². The summed E-state index contributed by atoms with van der Waals surface area (Å²) in [6.07, 6.45) is 0. The Hall–Kier alpha value is 0.0600. The molecule has 0 amide bonds. The van der Waals surface area contributed by atoms with Gasteiger partial charge in [-0.2, -0.15) is 0 Å². The zero-order chi connectivity index (χ0) is 7.56. The maximum absolute atomic E-state index is 10.5. The SMILES string of the molecule is O=S(O)c1cccc(I)c1. The fourth-order valence-corrected chi connectivity index (χ4v) is 1.75. The lowest BCUT2D eigenvalue weighted by Gasteiger charge is -1.93. The highest BCUT2D eigenvalue weighted by molar-refractivity contribution is 14.1. The first-order chi connectivity index (χ1) is 4.70. The summed E-state index contributed by atoms with van der Waals surface area (Å²) in [5.74, 6) is 0. The van der Waals surface area contributed by atoms with Crippen molar-refractivity contribution in [3.05, 3.63) is 27.8 Å². The molecular formula is C6H5IO2S. The minimum Gasteiger partial charge on any atom is -0.302 e. The molecule has 0 spiro atoms. The van der Waals surface area contributed by atoms with E-state index in [-0.39, 0.29) is 0 Å². The van der Waals surface area contributed by atoms with Crippen molar-refractivity contribution in [1.29, 1.82) is 0 Å². The predicted octanol–water partition coefficient (Wildman–Crippen LogP) is 1.87. The number of benzene rings is 1. The van der Waals surface area contributed by atoms with E-state index in [9.17, 15) is 4.21 Å². The Kier molecular flexibility index (Phi) is 2.82. The molecule has 0 radical (unpaired) electrons. The highest BCUT2D eigenvalue weighted by Crippen LogP contribution is 2.09. The van der Waals surface area contributed by atoms with Gasteiger partial charge in [0, 0.05) is 3.57 Å². The number of hydrogen-bond acceptors (Lipinski definition) is 1. The molecule has 1 N–H and O–H groups in total. The average molecular weight is 268 g/mol. The van der Waals surface area contributed by atoms with Gasteiger partial charge in [-0.05, 0) is 40.8 Å². The van der Waals surface area contributed by atoms with Gasteiger partial charge in [0.1, 0.15) is 0 Å². The molecule has 54 valence electrons. The van der Waals surface area contributed by atoms with Crippen molar-refractivity contribution in [2.45, 2.75) is 4.90 Å². The van der Waals surface area contributed by atoms with Crippen molar-refractivity contribution >= 4 is 33.7 Å². The molecule has 0 bridgehead atoms.